The van der Waals surface area contributed by atoms with Crippen LogP contribution in [0.4, 0.5) is 0 Å². The van der Waals surface area contributed by atoms with E-state index >= 15 is 0 Å². The van der Waals surface area contributed by atoms with E-state index in [9.17, 15) is 0 Å². The van der Waals surface area contributed by atoms with E-state index in [1.54, 1.807) is 7.05 Å². The number of benzene rings is 1. The number of aromatic nitrogens is 2. The molecule has 7 heteroatoms. The monoisotopic (exact) mass is 419 g/mol. The van der Waals surface area contributed by atoms with Crippen molar-refractivity contribution in [1.82, 2.24) is 20.0 Å². The summed E-state index contributed by atoms with van der Waals surface area (Å²) in [7, 11) is 1.76. The molecule has 0 saturated heterocycles. The summed E-state index contributed by atoms with van der Waals surface area (Å²) in [6, 6.07) is 11.9. The Labute approximate surface area is 160 Å². The van der Waals surface area contributed by atoms with E-state index in [-0.39, 0.29) is 0 Å². The number of pyridine rings is 1. The van der Waals surface area contributed by atoms with Crippen LogP contribution in [0.5, 0.6) is 0 Å². The molecule has 2 aromatic heterocycles. The Balaban J connectivity index is 1.50. The van der Waals surface area contributed by atoms with Gasteiger partial charge in [-0.1, -0.05) is 23.7 Å². The number of aliphatic imine (C=N–C) groups is 1. The quantitative estimate of drug-likeness (QED) is 0.489. The van der Waals surface area contributed by atoms with Gasteiger partial charge in [0.15, 0.2) is 5.96 Å². The van der Waals surface area contributed by atoms with Crippen molar-refractivity contribution >= 4 is 39.1 Å². The van der Waals surface area contributed by atoms with Crippen molar-refractivity contribution in [3.8, 4) is 0 Å². The third-order valence-electron chi connectivity index (χ3n) is 3.74. The van der Waals surface area contributed by atoms with Crippen molar-refractivity contribution in [2.45, 2.75) is 13.0 Å². The summed E-state index contributed by atoms with van der Waals surface area (Å²) in [6.45, 7) is 1.40. The van der Waals surface area contributed by atoms with Crippen LogP contribution in [-0.2, 0) is 13.0 Å². The standard InChI is InChI=1S/C18H19BrClN5/c1-21-18(22-9-8-13-2-5-15(20)6-3-13)23-10-16-12-25-11-14(19)4-7-17(25)24-16/h2-7,11-12H,8-10H2,1H3,(H2,21,22,23). The van der Waals surface area contributed by atoms with Gasteiger partial charge < -0.3 is 15.0 Å². The molecule has 0 bridgehead atoms. The Morgan fingerprint density at radius 3 is 2.72 bits per heavy atom. The van der Waals surface area contributed by atoms with Crippen LogP contribution >= 0.6 is 27.5 Å². The van der Waals surface area contributed by atoms with Gasteiger partial charge in [-0.05, 0) is 52.2 Å². The van der Waals surface area contributed by atoms with Gasteiger partial charge in [0.25, 0.3) is 0 Å². The molecular formula is C18H19BrClN5. The molecule has 2 heterocycles. The molecule has 0 amide bonds. The van der Waals surface area contributed by atoms with Crippen molar-refractivity contribution in [2.24, 2.45) is 4.99 Å². The number of halogens is 2. The Morgan fingerprint density at radius 1 is 1.16 bits per heavy atom. The molecule has 5 nitrogen and oxygen atoms in total. The molecule has 0 atom stereocenters. The highest BCUT2D eigenvalue weighted by atomic mass is 79.9. The van der Waals surface area contributed by atoms with Gasteiger partial charge >= 0.3 is 0 Å². The fourth-order valence-corrected chi connectivity index (χ4v) is 2.95. The Bertz CT molecular complexity index is 873. The largest absolute Gasteiger partial charge is 0.356 e. The minimum Gasteiger partial charge on any atom is -0.356 e. The molecule has 0 aliphatic carbocycles. The van der Waals surface area contributed by atoms with E-state index < -0.39 is 0 Å². The predicted octanol–water partition coefficient (Wildman–Crippen LogP) is 3.66. The molecule has 130 valence electrons. The predicted molar refractivity (Wildman–Crippen MR) is 106 cm³/mol. The summed E-state index contributed by atoms with van der Waals surface area (Å²) in [4.78, 5) is 8.83. The van der Waals surface area contributed by atoms with Gasteiger partial charge in [-0.2, -0.15) is 0 Å². The van der Waals surface area contributed by atoms with Crippen molar-refractivity contribution in [3.63, 3.8) is 0 Å². The number of imidazole rings is 1. The molecule has 0 unspecified atom stereocenters. The number of nitrogens with one attached hydrogen (secondary N) is 2. The minimum atomic E-state index is 0.611. The number of hydrogen-bond donors (Lipinski definition) is 2. The Hall–Kier alpha value is -2.05. The lowest BCUT2D eigenvalue weighted by Crippen LogP contribution is -2.37. The number of guanidine groups is 1. The lowest BCUT2D eigenvalue weighted by molar-refractivity contribution is 0.786. The summed E-state index contributed by atoms with van der Waals surface area (Å²) in [6.07, 6.45) is 4.90. The maximum atomic E-state index is 5.90. The molecule has 0 aliphatic rings. The first-order valence-electron chi connectivity index (χ1n) is 7.96. The fourth-order valence-electron chi connectivity index (χ4n) is 2.47. The molecule has 1 aromatic carbocycles. The van der Waals surface area contributed by atoms with Gasteiger partial charge in [0.2, 0.25) is 0 Å². The zero-order chi connectivity index (χ0) is 17.6. The maximum Gasteiger partial charge on any atom is 0.191 e. The lowest BCUT2D eigenvalue weighted by atomic mass is 10.1. The summed E-state index contributed by atoms with van der Waals surface area (Å²) in [5, 5.41) is 7.35. The molecule has 0 saturated carbocycles. The molecule has 0 spiro atoms. The maximum absolute atomic E-state index is 5.90. The van der Waals surface area contributed by atoms with Crippen molar-refractivity contribution in [2.75, 3.05) is 13.6 Å². The number of fused-ring (bicyclic) bond motifs is 1. The smallest absolute Gasteiger partial charge is 0.191 e. The molecule has 0 radical (unpaired) electrons. The van der Waals surface area contributed by atoms with E-state index in [1.807, 2.05) is 53.2 Å². The van der Waals surface area contributed by atoms with Gasteiger partial charge in [-0.25, -0.2) is 4.98 Å². The molecule has 3 aromatic rings. The van der Waals surface area contributed by atoms with E-state index in [2.05, 4.69) is 36.5 Å². The van der Waals surface area contributed by atoms with Crippen LogP contribution in [0, 0.1) is 0 Å². The highest BCUT2D eigenvalue weighted by molar-refractivity contribution is 9.10. The van der Waals surface area contributed by atoms with Crippen molar-refractivity contribution in [3.05, 3.63) is 69.5 Å². The molecule has 0 aliphatic heterocycles. The van der Waals surface area contributed by atoms with Crippen LogP contribution in [0.3, 0.4) is 0 Å². The van der Waals surface area contributed by atoms with Crippen LogP contribution < -0.4 is 10.6 Å². The summed E-state index contributed by atoms with van der Waals surface area (Å²) >= 11 is 9.37. The molecule has 0 fully saturated rings. The molecule has 25 heavy (non-hydrogen) atoms. The second-order valence-corrected chi connectivity index (χ2v) is 6.93. The Kier molecular flexibility index (Phi) is 5.94. The second kappa shape index (κ2) is 8.36. The highest BCUT2D eigenvalue weighted by Crippen LogP contribution is 2.12. The lowest BCUT2D eigenvalue weighted by Gasteiger charge is -2.11. The van der Waals surface area contributed by atoms with Gasteiger partial charge in [0.05, 0.1) is 12.2 Å². The normalized spacial score (nSPS) is 11.7. The van der Waals surface area contributed by atoms with Gasteiger partial charge in [-0.15, -0.1) is 0 Å². The average Bonchev–Trinajstić information content (AvgIpc) is 3.01. The van der Waals surface area contributed by atoms with Crippen LogP contribution in [0.25, 0.3) is 5.65 Å². The minimum absolute atomic E-state index is 0.611. The third kappa shape index (κ3) is 4.96. The first kappa shape index (κ1) is 17.8. The second-order valence-electron chi connectivity index (χ2n) is 5.57. The average molecular weight is 421 g/mol. The van der Waals surface area contributed by atoms with E-state index in [0.29, 0.717) is 6.54 Å². The van der Waals surface area contributed by atoms with E-state index in [1.165, 1.54) is 5.56 Å². The number of rotatable bonds is 5. The van der Waals surface area contributed by atoms with Crippen LogP contribution in [0.15, 0.2) is 58.3 Å². The van der Waals surface area contributed by atoms with E-state index in [4.69, 9.17) is 11.6 Å². The fraction of sp³-hybridized carbons (Fsp3) is 0.222. The van der Waals surface area contributed by atoms with E-state index in [0.717, 1.165) is 39.8 Å². The highest BCUT2D eigenvalue weighted by Gasteiger charge is 2.04. The number of hydrogen-bond acceptors (Lipinski definition) is 2. The summed E-state index contributed by atoms with van der Waals surface area (Å²) in [5.41, 5.74) is 3.11. The summed E-state index contributed by atoms with van der Waals surface area (Å²) in [5.74, 6) is 0.757. The first-order chi connectivity index (χ1) is 12.1. The number of nitrogens with zero attached hydrogens (tertiary/aromatic N) is 3. The molecular weight excluding hydrogens is 402 g/mol. The summed E-state index contributed by atoms with van der Waals surface area (Å²) < 4.78 is 3.02. The Morgan fingerprint density at radius 2 is 1.96 bits per heavy atom. The van der Waals surface area contributed by atoms with Crippen LogP contribution in [-0.4, -0.2) is 28.9 Å². The SMILES string of the molecule is CN=C(NCCc1ccc(Cl)cc1)NCc1cn2cc(Br)ccc2n1. The molecule has 3 rings (SSSR count). The van der Waals surface area contributed by atoms with Gasteiger partial charge in [0, 0.05) is 35.5 Å². The molecule has 2 N–H and O–H groups in total. The third-order valence-corrected chi connectivity index (χ3v) is 4.47. The van der Waals surface area contributed by atoms with Gasteiger partial charge in [0.1, 0.15) is 5.65 Å². The zero-order valence-corrected chi connectivity index (χ0v) is 16.2. The topological polar surface area (TPSA) is 53.7 Å². The van der Waals surface area contributed by atoms with Crippen LogP contribution in [0.1, 0.15) is 11.3 Å². The van der Waals surface area contributed by atoms with Crippen LogP contribution in [0.2, 0.25) is 5.02 Å². The first-order valence-corrected chi connectivity index (χ1v) is 9.13. The zero-order valence-electron chi connectivity index (χ0n) is 13.8. The van der Waals surface area contributed by atoms with Gasteiger partial charge in [-0.3, -0.25) is 4.99 Å². The van der Waals surface area contributed by atoms with Crippen molar-refractivity contribution < 1.29 is 0 Å². The van der Waals surface area contributed by atoms with Crippen molar-refractivity contribution in [1.29, 1.82) is 0 Å².